The van der Waals surface area contributed by atoms with Gasteiger partial charge in [0.15, 0.2) is 0 Å². The molecule has 0 unspecified atom stereocenters. The second-order valence-corrected chi connectivity index (χ2v) is 4.98. The summed E-state index contributed by atoms with van der Waals surface area (Å²) in [5.74, 6) is 0.511. The lowest BCUT2D eigenvalue weighted by Crippen LogP contribution is -2.27. The van der Waals surface area contributed by atoms with E-state index in [4.69, 9.17) is 0 Å². The number of benzene rings is 1. The van der Waals surface area contributed by atoms with Gasteiger partial charge >= 0.3 is 0 Å². The van der Waals surface area contributed by atoms with Crippen molar-refractivity contribution in [3.63, 3.8) is 0 Å². The van der Waals surface area contributed by atoms with Gasteiger partial charge in [-0.1, -0.05) is 26.0 Å². The van der Waals surface area contributed by atoms with Gasteiger partial charge in [-0.25, -0.2) is 0 Å². The number of carbonyl (C=O) groups is 1. The van der Waals surface area contributed by atoms with Crippen LogP contribution in [0.5, 0.6) is 0 Å². The van der Waals surface area contributed by atoms with E-state index < -0.39 is 4.92 Å². The maximum absolute atomic E-state index is 11.5. The third-order valence-electron chi connectivity index (χ3n) is 2.81. The molecule has 6 nitrogen and oxygen atoms in total. The molecule has 1 aromatic rings. The first-order valence-electron chi connectivity index (χ1n) is 6.74. The largest absolute Gasteiger partial charge is 0.379 e. The Kier molecular flexibility index (Phi) is 6.49. The maximum atomic E-state index is 11.5. The summed E-state index contributed by atoms with van der Waals surface area (Å²) in [5.41, 5.74) is 0.459. The lowest BCUT2D eigenvalue weighted by atomic mass is 10.1. The fourth-order valence-corrected chi connectivity index (χ4v) is 1.68. The molecule has 0 aliphatic rings. The highest BCUT2D eigenvalue weighted by Crippen LogP contribution is 2.22. The standard InChI is InChI=1S/C14H21N3O3/c1-11(2)7-9-16-14(18)8-10-15-12-5-3-4-6-13(12)17(19)20/h3-6,11,15H,7-10H2,1-2H3,(H,16,18). The van der Waals surface area contributed by atoms with Gasteiger partial charge < -0.3 is 10.6 Å². The Morgan fingerprint density at radius 2 is 2.00 bits per heavy atom. The predicted octanol–water partition coefficient (Wildman–Crippen LogP) is 2.56. The molecule has 1 rings (SSSR count). The maximum Gasteiger partial charge on any atom is 0.292 e. The Morgan fingerprint density at radius 1 is 1.30 bits per heavy atom. The lowest BCUT2D eigenvalue weighted by Gasteiger charge is -2.08. The quantitative estimate of drug-likeness (QED) is 0.566. The molecule has 0 fully saturated rings. The number of nitro groups is 1. The van der Waals surface area contributed by atoms with E-state index in [-0.39, 0.29) is 11.6 Å². The minimum Gasteiger partial charge on any atom is -0.379 e. The molecule has 0 saturated heterocycles. The summed E-state index contributed by atoms with van der Waals surface area (Å²) in [6.07, 6.45) is 1.24. The number of nitrogens with zero attached hydrogens (tertiary/aromatic N) is 1. The van der Waals surface area contributed by atoms with Crippen molar-refractivity contribution in [3.05, 3.63) is 34.4 Å². The van der Waals surface area contributed by atoms with E-state index in [1.807, 2.05) is 0 Å². The first-order valence-corrected chi connectivity index (χ1v) is 6.74. The van der Waals surface area contributed by atoms with Crippen LogP contribution in [-0.4, -0.2) is 23.9 Å². The van der Waals surface area contributed by atoms with Gasteiger partial charge in [-0.2, -0.15) is 0 Å². The highest BCUT2D eigenvalue weighted by atomic mass is 16.6. The summed E-state index contributed by atoms with van der Waals surface area (Å²) in [6, 6.07) is 6.40. The van der Waals surface area contributed by atoms with Crippen molar-refractivity contribution in [2.45, 2.75) is 26.7 Å². The number of amides is 1. The van der Waals surface area contributed by atoms with Gasteiger partial charge in [0.1, 0.15) is 5.69 Å². The zero-order valence-corrected chi connectivity index (χ0v) is 11.9. The minimum atomic E-state index is -0.439. The Balaban J connectivity index is 2.34. The van der Waals surface area contributed by atoms with E-state index in [0.29, 0.717) is 31.1 Å². The predicted molar refractivity (Wildman–Crippen MR) is 78.7 cm³/mol. The summed E-state index contributed by atoms with van der Waals surface area (Å²) < 4.78 is 0. The van der Waals surface area contributed by atoms with Gasteiger partial charge in [-0.15, -0.1) is 0 Å². The van der Waals surface area contributed by atoms with Crippen LogP contribution in [0, 0.1) is 16.0 Å². The van der Waals surface area contributed by atoms with Crippen molar-refractivity contribution < 1.29 is 9.72 Å². The van der Waals surface area contributed by atoms with Crippen LogP contribution in [0.25, 0.3) is 0 Å². The summed E-state index contributed by atoms with van der Waals surface area (Å²) in [5, 5.41) is 16.6. The average molecular weight is 279 g/mol. The highest BCUT2D eigenvalue weighted by molar-refractivity contribution is 5.76. The number of carbonyl (C=O) groups excluding carboxylic acids is 1. The molecule has 6 heteroatoms. The zero-order valence-electron chi connectivity index (χ0n) is 11.9. The highest BCUT2D eigenvalue weighted by Gasteiger charge is 2.11. The summed E-state index contributed by atoms with van der Waals surface area (Å²) >= 11 is 0. The number of nitrogens with one attached hydrogen (secondary N) is 2. The zero-order chi connectivity index (χ0) is 15.0. The monoisotopic (exact) mass is 279 g/mol. The van der Waals surface area contributed by atoms with E-state index in [1.54, 1.807) is 18.2 Å². The molecule has 2 N–H and O–H groups in total. The molecule has 20 heavy (non-hydrogen) atoms. The van der Waals surface area contributed by atoms with Gasteiger partial charge in [0.2, 0.25) is 5.91 Å². The van der Waals surface area contributed by atoms with E-state index >= 15 is 0 Å². The topological polar surface area (TPSA) is 84.3 Å². The third-order valence-corrected chi connectivity index (χ3v) is 2.81. The molecule has 1 aromatic carbocycles. The summed E-state index contributed by atoms with van der Waals surface area (Å²) in [4.78, 5) is 21.9. The fraction of sp³-hybridized carbons (Fsp3) is 0.500. The van der Waals surface area contributed by atoms with Crippen molar-refractivity contribution in [2.75, 3.05) is 18.4 Å². The van der Waals surface area contributed by atoms with E-state index in [1.165, 1.54) is 6.07 Å². The molecule has 0 saturated carbocycles. The number of para-hydroxylation sites is 2. The van der Waals surface area contributed by atoms with Crippen LogP contribution in [0.3, 0.4) is 0 Å². The molecule has 0 heterocycles. The SMILES string of the molecule is CC(C)CCNC(=O)CCNc1ccccc1[N+](=O)[O-]. The van der Waals surface area contributed by atoms with Crippen LogP contribution in [0.15, 0.2) is 24.3 Å². The Hall–Kier alpha value is -2.11. The second-order valence-electron chi connectivity index (χ2n) is 4.98. The lowest BCUT2D eigenvalue weighted by molar-refractivity contribution is -0.384. The molecule has 0 atom stereocenters. The van der Waals surface area contributed by atoms with Crippen LogP contribution >= 0.6 is 0 Å². The molecular weight excluding hydrogens is 258 g/mol. The Morgan fingerprint density at radius 3 is 2.65 bits per heavy atom. The molecule has 0 aliphatic carbocycles. The van der Waals surface area contributed by atoms with E-state index in [0.717, 1.165) is 6.42 Å². The molecule has 0 radical (unpaired) electrons. The van der Waals surface area contributed by atoms with Crippen molar-refractivity contribution in [2.24, 2.45) is 5.92 Å². The van der Waals surface area contributed by atoms with E-state index in [9.17, 15) is 14.9 Å². The molecule has 0 aliphatic heterocycles. The minimum absolute atomic E-state index is 0.0210. The molecule has 0 bridgehead atoms. The van der Waals surface area contributed by atoms with Crippen LogP contribution in [0.4, 0.5) is 11.4 Å². The van der Waals surface area contributed by atoms with Gasteiger partial charge in [0, 0.05) is 25.6 Å². The Labute approximate surface area is 118 Å². The van der Waals surface area contributed by atoms with Crippen LogP contribution < -0.4 is 10.6 Å². The van der Waals surface area contributed by atoms with Gasteiger partial charge in [-0.3, -0.25) is 14.9 Å². The molecule has 1 amide bonds. The van der Waals surface area contributed by atoms with Crippen LogP contribution in [0.1, 0.15) is 26.7 Å². The van der Waals surface area contributed by atoms with Crippen molar-refractivity contribution in [1.29, 1.82) is 0 Å². The average Bonchev–Trinajstić information content (AvgIpc) is 2.38. The van der Waals surface area contributed by atoms with Crippen LogP contribution in [-0.2, 0) is 4.79 Å². The molecule has 0 spiro atoms. The number of hydrogen-bond acceptors (Lipinski definition) is 4. The summed E-state index contributed by atoms with van der Waals surface area (Å²) in [7, 11) is 0. The number of rotatable bonds is 8. The normalized spacial score (nSPS) is 10.3. The fourth-order valence-electron chi connectivity index (χ4n) is 1.68. The first-order chi connectivity index (χ1) is 9.50. The summed E-state index contributed by atoms with van der Waals surface area (Å²) in [6.45, 7) is 5.24. The number of anilines is 1. The first kappa shape index (κ1) is 15.9. The van der Waals surface area contributed by atoms with Gasteiger partial charge in [-0.05, 0) is 18.4 Å². The number of hydrogen-bond donors (Lipinski definition) is 2. The van der Waals surface area contributed by atoms with Gasteiger partial charge in [0.05, 0.1) is 4.92 Å². The molecule has 110 valence electrons. The van der Waals surface area contributed by atoms with E-state index in [2.05, 4.69) is 24.5 Å². The Bertz CT molecular complexity index is 461. The third kappa shape index (κ3) is 5.69. The van der Waals surface area contributed by atoms with Gasteiger partial charge in [0.25, 0.3) is 5.69 Å². The van der Waals surface area contributed by atoms with Crippen molar-refractivity contribution in [1.82, 2.24) is 5.32 Å². The molecular formula is C14H21N3O3. The van der Waals surface area contributed by atoms with Crippen molar-refractivity contribution in [3.8, 4) is 0 Å². The number of nitro benzene ring substituents is 1. The second kappa shape index (κ2) is 8.14. The van der Waals surface area contributed by atoms with Crippen LogP contribution in [0.2, 0.25) is 0 Å². The molecule has 0 aromatic heterocycles. The van der Waals surface area contributed by atoms with Crippen molar-refractivity contribution >= 4 is 17.3 Å². The smallest absolute Gasteiger partial charge is 0.292 e.